The van der Waals surface area contributed by atoms with Crippen LogP contribution in [0.4, 0.5) is 0 Å². The van der Waals surface area contributed by atoms with Gasteiger partial charge in [0.25, 0.3) is 0 Å². The van der Waals surface area contributed by atoms with Crippen molar-refractivity contribution in [2.75, 3.05) is 0 Å². The molecule has 1 N–H and O–H groups in total. The van der Waals surface area contributed by atoms with Crippen LogP contribution < -0.4 is 0 Å². The van der Waals surface area contributed by atoms with Crippen LogP contribution in [0.3, 0.4) is 0 Å². The molecule has 1 atom stereocenters. The van der Waals surface area contributed by atoms with Crippen LogP contribution in [0.5, 0.6) is 0 Å². The Balaban J connectivity index is 2.36. The monoisotopic (exact) mass is 332 g/mol. The number of carbonyl (C=O) groups is 2. The van der Waals surface area contributed by atoms with Crippen molar-refractivity contribution >= 4 is 12.3 Å². The number of aliphatic hydroxyl groups excluding tert-OH is 1. The predicted octanol–water partition coefficient (Wildman–Crippen LogP) is 4.17. The van der Waals surface area contributed by atoms with Crippen LogP contribution in [0.25, 0.3) is 0 Å². The molecule has 1 rings (SSSR count). The molecule has 0 aromatic heterocycles. The van der Waals surface area contributed by atoms with Crippen LogP contribution in [0, 0.1) is 0 Å². The van der Waals surface area contributed by atoms with Gasteiger partial charge in [-0.05, 0) is 64.9 Å². The van der Waals surface area contributed by atoms with E-state index in [1.54, 1.807) is 0 Å². The first-order valence-corrected chi connectivity index (χ1v) is 8.44. The van der Waals surface area contributed by atoms with Crippen molar-refractivity contribution in [2.45, 2.75) is 65.6 Å². The fourth-order valence-corrected chi connectivity index (χ4v) is 2.45. The van der Waals surface area contributed by atoms with E-state index in [1.165, 1.54) is 17.2 Å². The molecule has 0 aromatic carbocycles. The highest BCUT2D eigenvalue weighted by Gasteiger charge is 2.22. The smallest absolute Gasteiger partial charge is 0.333 e. The highest BCUT2D eigenvalue weighted by atomic mass is 16.6. The highest BCUT2D eigenvalue weighted by molar-refractivity contribution is 5.85. The van der Waals surface area contributed by atoms with Gasteiger partial charge in [0.2, 0.25) is 6.29 Å². The summed E-state index contributed by atoms with van der Waals surface area (Å²) in [6.07, 6.45) is 12.1. The van der Waals surface area contributed by atoms with Crippen molar-refractivity contribution in [1.29, 1.82) is 0 Å². The maximum atomic E-state index is 11.1. The largest absolute Gasteiger partial charge is 0.429 e. The van der Waals surface area contributed by atoms with E-state index < -0.39 is 12.3 Å². The van der Waals surface area contributed by atoms with Crippen LogP contribution in [0.2, 0.25) is 0 Å². The zero-order valence-corrected chi connectivity index (χ0v) is 14.9. The Kier molecular flexibility index (Phi) is 9.02. The SMILES string of the molecule is CC(C)=CCC/C(C)=C/CC/C(C=O)=C\CCC1=CC(=O)OC1O. The third-order valence-corrected chi connectivity index (χ3v) is 3.86. The van der Waals surface area contributed by atoms with Gasteiger partial charge in [-0.3, -0.25) is 4.79 Å². The molecule has 0 fully saturated rings. The van der Waals surface area contributed by atoms with Crippen molar-refractivity contribution in [2.24, 2.45) is 0 Å². The first-order valence-electron chi connectivity index (χ1n) is 8.44. The van der Waals surface area contributed by atoms with Crippen molar-refractivity contribution in [3.05, 3.63) is 46.6 Å². The summed E-state index contributed by atoms with van der Waals surface area (Å²) in [4.78, 5) is 22.1. The Morgan fingerprint density at radius 3 is 2.42 bits per heavy atom. The van der Waals surface area contributed by atoms with Gasteiger partial charge in [0, 0.05) is 11.6 Å². The third-order valence-electron chi connectivity index (χ3n) is 3.86. The fraction of sp³-hybridized carbons (Fsp3) is 0.500. The molecule has 0 aromatic rings. The molecule has 0 aliphatic carbocycles. The van der Waals surface area contributed by atoms with Gasteiger partial charge in [0.15, 0.2) is 0 Å². The number of hydrogen-bond donors (Lipinski definition) is 1. The Hall–Kier alpha value is -1.94. The molecule has 0 amide bonds. The standard InChI is InChI=1S/C20H28O4/c1-15(2)7-4-8-16(3)9-5-10-17(14-21)11-6-12-18-13-19(22)24-20(18)23/h7,9,11,13-14,20,23H,4-6,8,10,12H2,1-3H3/b16-9+,17-11+. The molecule has 132 valence electrons. The number of cyclic esters (lactones) is 1. The molecule has 1 aliphatic heterocycles. The minimum atomic E-state index is -1.13. The first kappa shape index (κ1) is 20.1. The van der Waals surface area contributed by atoms with Gasteiger partial charge in [0.1, 0.15) is 6.29 Å². The molecule has 24 heavy (non-hydrogen) atoms. The summed E-state index contributed by atoms with van der Waals surface area (Å²) in [6.45, 7) is 6.32. The number of aliphatic hydroxyl groups is 1. The predicted molar refractivity (Wildman–Crippen MR) is 95.2 cm³/mol. The second-order valence-electron chi connectivity index (χ2n) is 6.35. The molecule has 1 unspecified atom stereocenters. The zero-order valence-electron chi connectivity index (χ0n) is 14.9. The molecule has 4 nitrogen and oxygen atoms in total. The van der Waals surface area contributed by atoms with E-state index in [2.05, 4.69) is 37.7 Å². The van der Waals surface area contributed by atoms with Crippen LogP contribution in [-0.4, -0.2) is 23.7 Å². The summed E-state index contributed by atoms with van der Waals surface area (Å²) in [7, 11) is 0. The lowest BCUT2D eigenvalue weighted by molar-refractivity contribution is -0.151. The maximum absolute atomic E-state index is 11.1. The quantitative estimate of drug-likeness (QED) is 0.282. The topological polar surface area (TPSA) is 63.6 Å². The second-order valence-corrected chi connectivity index (χ2v) is 6.35. The van der Waals surface area contributed by atoms with E-state index >= 15 is 0 Å². The summed E-state index contributed by atoms with van der Waals surface area (Å²) < 4.78 is 4.62. The Morgan fingerprint density at radius 2 is 1.83 bits per heavy atom. The van der Waals surface area contributed by atoms with Gasteiger partial charge in [-0.2, -0.15) is 0 Å². The first-order chi connectivity index (χ1) is 11.4. The summed E-state index contributed by atoms with van der Waals surface area (Å²) in [6, 6.07) is 0. The van der Waals surface area contributed by atoms with Crippen LogP contribution in [0.15, 0.2) is 46.6 Å². The fourth-order valence-electron chi connectivity index (χ4n) is 2.45. The maximum Gasteiger partial charge on any atom is 0.333 e. The minimum absolute atomic E-state index is 0.509. The van der Waals surface area contributed by atoms with Gasteiger partial charge in [-0.15, -0.1) is 0 Å². The Morgan fingerprint density at radius 1 is 1.12 bits per heavy atom. The number of aldehydes is 1. The summed E-state index contributed by atoms with van der Waals surface area (Å²) in [5.41, 5.74) is 4.00. The number of ether oxygens (including phenoxy) is 1. The van der Waals surface area contributed by atoms with Crippen molar-refractivity contribution in [1.82, 2.24) is 0 Å². The van der Waals surface area contributed by atoms with E-state index in [0.29, 0.717) is 24.8 Å². The molecule has 1 heterocycles. The number of allylic oxidation sites excluding steroid dienone is 6. The molecule has 1 aliphatic rings. The molecule has 0 saturated carbocycles. The molecule has 0 bridgehead atoms. The van der Waals surface area contributed by atoms with E-state index in [4.69, 9.17) is 0 Å². The Bertz CT molecular complexity index is 560. The lowest BCUT2D eigenvalue weighted by atomic mass is 10.0. The van der Waals surface area contributed by atoms with Crippen molar-refractivity contribution < 1.29 is 19.4 Å². The van der Waals surface area contributed by atoms with Gasteiger partial charge in [0.05, 0.1) is 0 Å². The van der Waals surface area contributed by atoms with Gasteiger partial charge in [-0.1, -0.05) is 29.4 Å². The van der Waals surface area contributed by atoms with Crippen LogP contribution in [-0.2, 0) is 14.3 Å². The van der Waals surface area contributed by atoms with Crippen LogP contribution in [0.1, 0.15) is 59.3 Å². The number of carbonyl (C=O) groups excluding carboxylic acids is 2. The number of hydrogen-bond acceptors (Lipinski definition) is 4. The molecular formula is C20H28O4. The van der Waals surface area contributed by atoms with E-state index in [9.17, 15) is 14.7 Å². The number of esters is 1. The zero-order chi connectivity index (χ0) is 17.9. The van der Waals surface area contributed by atoms with E-state index in [-0.39, 0.29) is 0 Å². The van der Waals surface area contributed by atoms with Gasteiger partial charge >= 0.3 is 5.97 Å². The summed E-state index contributed by atoms with van der Waals surface area (Å²) in [5.74, 6) is -0.509. The van der Waals surface area contributed by atoms with E-state index in [0.717, 1.165) is 31.1 Å². The van der Waals surface area contributed by atoms with Crippen molar-refractivity contribution in [3.8, 4) is 0 Å². The lowest BCUT2D eigenvalue weighted by Crippen LogP contribution is -2.09. The highest BCUT2D eigenvalue weighted by Crippen LogP contribution is 2.19. The molecular weight excluding hydrogens is 304 g/mol. The minimum Gasteiger partial charge on any atom is -0.429 e. The summed E-state index contributed by atoms with van der Waals surface area (Å²) in [5, 5.41) is 9.48. The molecule has 4 heteroatoms. The summed E-state index contributed by atoms with van der Waals surface area (Å²) >= 11 is 0. The number of rotatable bonds is 10. The molecule has 0 radical (unpaired) electrons. The Labute approximate surface area is 144 Å². The average Bonchev–Trinajstić information content (AvgIpc) is 2.83. The van der Waals surface area contributed by atoms with Crippen molar-refractivity contribution in [3.63, 3.8) is 0 Å². The molecule has 0 saturated heterocycles. The van der Waals surface area contributed by atoms with Gasteiger partial charge < -0.3 is 9.84 Å². The molecule has 0 spiro atoms. The third kappa shape index (κ3) is 8.06. The van der Waals surface area contributed by atoms with Gasteiger partial charge in [-0.25, -0.2) is 4.79 Å². The second kappa shape index (κ2) is 10.8. The van der Waals surface area contributed by atoms with Crippen LogP contribution >= 0.6 is 0 Å². The van der Waals surface area contributed by atoms with E-state index in [1.807, 2.05) is 6.08 Å². The normalized spacial score (nSPS) is 18.2. The lowest BCUT2D eigenvalue weighted by Gasteiger charge is -2.06. The average molecular weight is 332 g/mol.